The Morgan fingerprint density at radius 2 is 2.32 bits per heavy atom. The van der Waals surface area contributed by atoms with E-state index >= 15 is 0 Å². The molecule has 1 unspecified atom stereocenters. The van der Waals surface area contributed by atoms with Crippen LogP contribution >= 0.6 is 0 Å². The molecule has 0 aromatic carbocycles. The maximum atomic E-state index is 11.1. The topological polar surface area (TPSA) is 62.3 Å². The third kappa shape index (κ3) is 4.47. The van der Waals surface area contributed by atoms with E-state index in [0.29, 0.717) is 12.5 Å². The minimum atomic E-state index is -3.09. The summed E-state index contributed by atoms with van der Waals surface area (Å²) in [6.45, 7) is 4.43. The Hall–Kier alpha value is -1.14. The number of rotatable bonds is 4. The second-order valence-electron chi connectivity index (χ2n) is 5.23. The number of aromatic nitrogens is 1. The summed E-state index contributed by atoms with van der Waals surface area (Å²) >= 11 is 0. The van der Waals surface area contributed by atoms with Crippen LogP contribution in [-0.4, -0.2) is 39.3 Å². The summed E-state index contributed by atoms with van der Waals surface area (Å²) in [5.74, 6) is 0.372. The highest BCUT2D eigenvalue weighted by Crippen LogP contribution is 2.22. The average Bonchev–Trinajstić information content (AvgIpc) is 2.36. The molecular weight excluding hydrogens is 262 g/mol. The van der Waals surface area contributed by atoms with Crippen LogP contribution in [0.5, 0.6) is 0 Å². The number of aryl methyl sites for hydroxylation is 1. The Morgan fingerprint density at radius 1 is 1.53 bits per heavy atom. The van der Waals surface area contributed by atoms with Crippen molar-refractivity contribution in [1.82, 2.24) is 9.71 Å². The van der Waals surface area contributed by atoms with Gasteiger partial charge in [0, 0.05) is 37.2 Å². The predicted octanol–water partition coefficient (Wildman–Crippen LogP) is 1.16. The van der Waals surface area contributed by atoms with Gasteiger partial charge in [-0.05, 0) is 37.8 Å². The lowest BCUT2D eigenvalue weighted by Gasteiger charge is -2.34. The van der Waals surface area contributed by atoms with Gasteiger partial charge in [0.2, 0.25) is 10.0 Å². The van der Waals surface area contributed by atoms with E-state index in [0.717, 1.165) is 31.6 Å². The molecule has 5 nitrogen and oxygen atoms in total. The van der Waals surface area contributed by atoms with Crippen LogP contribution < -0.4 is 9.62 Å². The molecule has 1 saturated heterocycles. The molecule has 1 aliphatic heterocycles. The molecule has 2 rings (SSSR count). The van der Waals surface area contributed by atoms with Gasteiger partial charge in [-0.1, -0.05) is 0 Å². The highest BCUT2D eigenvalue weighted by molar-refractivity contribution is 7.88. The summed E-state index contributed by atoms with van der Waals surface area (Å²) in [5, 5.41) is 0. The van der Waals surface area contributed by atoms with Crippen LogP contribution in [0.2, 0.25) is 0 Å². The van der Waals surface area contributed by atoms with Gasteiger partial charge in [0.25, 0.3) is 0 Å². The maximum Gasteiger partial charge on any atom is 0.208 e. The molecule has 19 heavy (non-hydrogen) atoms. The van der Waals surface area contributed by atoms with Gasteiger partial charge in [-0.15, -0.1) is 0 Å². The predicted molar refractivity (Wildman–Crippen MR) is 76.8 cm³/mol. The number of pyridine rings is 1. The highest BCUT2D eigenvalue weighted by atomic mass is 32.2. The minimum absolute atomic E-state index is 0.372. The quantitative estimate of drug-likeness (QED) is 0.900. The third-order valence-electron chi connectivity index (χ3n) is 3.40. The number of nitrogens with zero attached hydrogens (tertiary/aromatic N) is 2. The molecule has 1 aromatic rings. The first-order valence-corrected chi connectivity index (χ1v) is 8.45. The van der Waals surface area contributed by atoms with Gasteiger partial charge >= 0.3 is 0 Å². The van der Waals surface area contributed by atoms with Crippen molar-refractivity contribution in [3.05, 3.63) is 24.0 Å². The molecule has 1 aliphatic rings. The van der Waals surface area contributed by atoms with Gasteiger partial charge in [-0.25, -0.2) is 13.1 Å². The second-order valence-corrected chi connectivity index (χ2v) is 7.06. The fourth-order valence-corrected chi connectivity index (χ4v) is 3.00. The first-order chi connectivity index (χ1) is 8.94. The van der Waals surface area contributed by atoms with E-state index in [1.807, 2.05) is 19.2 Å². The number of anilines is 1. The van der Waals surface area contributed by atoms with E-state index in [1.165, 1.54) is 11.9 Å². The van der Waals surface area contributed by atoms with Crippen LogP contribution in [0, 0.1) is 12.8 Å². The first kappa shape index (κ1) is 14.3. The van der Waals surface area contributed by atoms with E-state index in [2.05, 4.69) is 20.7 Å². The van der Waals surface area contributed by atoms with Crippen molar-refractivity contribution < 1.29 is 8.42 Å². The lowest BCUT2D eigenvalue weighted by molar-refractivity contribution is 0.411. The standard InChI is InChI=1S/C13H21N3O2S/c1-11-8-13(5-6-14-11)16-7-3-4-12(10-16)9-15-19(2,17)18/h5-6,8,12,15H,3-4,7,9-10H2,1-2H3. The molecule has 1 fully saturated rings. The third-order valence-corrected chi connectivity index (χ3v) is 4.09. The number of piperidine rings is 1. The van der Waals surface area contributed by atoms with Crippen molar-refractivity contribution >= 4 is 15.7 Å². The molecular formula is C13H21N3O2S. The van der Waals surface area contributed by atoms with Crippen molar-refractivity contribution in [3.8, 4) is 0 Å². The zero-order valence-electron chi connectivity index (χ0n) is 11.5. The van der Waals surface area contributed by atoms with E-state index in [1.54, 1.807) is 0 Å². The number of sulfonamides is 1. The van der Waals surface area contributed by atoms with E-state index in [9.17, 15) is 8.42 Å². The van der Waals surface area contributed by atoms with Crippen molar-refractivity contribution in [2.45, 2.75) is 19.8 Å². The van der Waals surface area contributed by atoms with Crippen LogP contribution in [0.3, 0.4) is 0 Å². The Balaban J connectivity index is 1.97. The van der Waals surface area contributed by atoms with Gasteiger partial charge in [-0.2, -0.15) is 0 Å². The molecule has 0 radical (unpaired) electrons. The first-order valence-electron chi connectivity index (χ1n) is 6.56. The number of hydrogen-bond donors (Lipinski definition) is 1. The van der Waals surface area contributed by atoms with E-state index in [4.69, 9.17) is 0 Å². The number of hydrogen-bond acceptors (Lipinski definition) is 4. The van der Waals surface area contributed by atoms with Gasteiger partial charge in [-0.3, -0.25) is 4.98 Å². The fraction of sp³-hybridized carbons (Fsp3) is 0.615. The SMILES string of the molecule is Cc1cc(N2CCCC(CNS(C)(=O)=O)C2)ccn1. The lowest BCUT2D eigenvalue weighted by atomic mass is 9.98. The van der Waals surface area contributed by atoms with Crippen molar-refractivity contribution in [2.24, 2.45) is 5.92 Å². The van der Waals surface area contributed by atoms with Gasteiger partial charge in [0.05, 0.1) is 6.26 Å². The molecule has 0 spiro atoms. The normalized spacial score (nSPS) is 20.5. The molecule has 1 atom stereocenters. The summed E-state index contributed by atoms with van der Waals surface area (Å²) in [4.78, 5) is 6.52. The largest absolute Gasteiger partial charge is 0.371 e. The van der Waals surface area contributed by atoms with Crippen LogP contribution in [-0.2, 0) is 10.0 Å². The monoisotopic (exact) mass is 283 g/mol. The zero-order valence-corrected chi connectivity index (χ0v) is 12.3. The van der Waals surface area contributed by atoms with Crippen molar-refractivity contribution in [3.63, 3.8) is 0 Å². The molecule has 0 bridgehead atoms. The van der Waals surface area contributed by atoms with Crippen LogP contribution in [0.4, 0.5) is 5.69 Å². The molecule has 106 valence electrons. The van der Waals surface area contributed by atoms with E-state index < -0.39 is 10.0 Å². The lowest BCUT2D eigenvalue weighted by Crippen LogP contribution is -2.40. The highest BCUT2D eigenvalue weighted by Gasteiger charge is 2.21. The van der Waals surface area contributed by atoms with Gasteiger partial charge < -0.3 is 4.90 Å². The molecule has 6 heteroatoms. The van der Waals surface area contributed by atoms with Crippen LogP contribution in [0.15, 0.2) is 18.3 Å². The van der Waals surface area contributed by atoms with Gasteiger partial charge in [0.1, 0.15) is 0 Å². The molecule has 1 aromatic heterocycles. The maximum absolute atomic E-state index is 11.1. The number of nitrogens with one attached hydrogen (secondary N) is 1. The molecule has 0 saturated carbocycles. The Morgan fingerprint density at radius 3 is 3.00 bits per heavy atom. The van der Waals surface area contributed by atoms with Crippen molar-refractivity contribution in [2.75, 3.05) is 30.8 Å². The van der Waals surface area contributed by atoms with Crippen LogP contribution in [0.1, 0.15) is 18.5 Å². The summed E-state index contributed by atoms with van der Waals surface area (Å²) in [7, 11) is -3.09. The fourth-order valence-electron chi connectivity index (χ4n) is 2.46. The molecule has 0 aliphatic carbocycles. The molecule has 2 heterocycles. The van der Waals surface area contributed by atoms with E-state index in [-0.39, 0.29) is 0 Å². The van der Waals surface area contributed by atoms with Crippen molar-refractivity contribution in [1.29, 1.82) is 0 Å². The van der Waals surface area contributed by atoms with Gasteiger partial charge in [0.15, 0.2) is 0 Å². The Bertz CT molecular complexity index is 530. The van der Waals surface area contributed by atoms with Crippen LogP contribution in [0.25, 0.3) is 0 Å². The summed E-state index contributed by atoms with van der Waals surface area (Å²) in [6.07, 6.45) is 5.20. The summed E-state index contributed by atoms with van der Waals surface area (Å²) < 4.78 is 24.9. The Labute approximate surface area is 115 Å². The second kappa shape index (κ2) is 5.88. The Kier molecular flexibility index (Phi) is 4.42. The minimum Gasteiger partial charge on any atom is -0.371 e. The smallest absolute Gasteiger partial charge is 0.208 e. The zero-order chi connectivity index (χ0) is 13.9. The molecule has 0 amide bonds. The summed E-state index contributed by atoms with van der Waals surface area (Å²) in [5.41, 5.74) is 2.19. The summed E-state index contributed by atoms with van der Waals surface area (Å²) in [6, 6.07) is 4.09. The molecule has 1 N–H and O–H groups in total. The average molecular weight is 283 g/mol.